The van der Waals surface area contributed by atoms with Crippen LogP contribution in [0, 0.1) is 5.41 Å². The second-order valence-electron chi connectivity index (χ2n) is 8.60. The van der Waals surface area contributed by atoms with E-state index in [4.69, 9.17) is 17.0 Å². The van der Waals surface area contributed by atoms with Gasteiger partial charge in [0, 0.05) is 61.4 Å². The third-order valence-electron chi connectivity index (χ3n) is 6.39. The number of hydrogen-bond donors (Lipinski definition) is 2. The predicted molar refractivity (Wildman–Crippen MR) is 138 cm³/mol. The number of nitrogens with one attached hydrogen (secondary N) is 2. The molecule has 0 atom stereocenters. The van der Waals surface area contributed by atoms with Gasteiger partial charge in [0.2, 0.25) is 0 Å². The van der Waals surface area contributed by atoms with E-state index in [1.165, 1.54) is 15.6 Å². The molecule has 1 fully saturated rings. The fourth-order valence-electron chi connectivity index (χ4n) is 4.34. The zero-order valence-corrected chi connectivity index (χ0v) is 21.5. The van der Waals surface area contributed by atoms with Crippen molar-refractivity contribution < 1.29 is 13.2 Å². The van der Waals surface area contributed by atoms with Crippen LogP contribution in [-0.2, 0) is 10.0 Å². The van der Waals surface area contributed by atoms with Crippen LogP contribution in [0.2, 0.25) is 5.02 Å². The van der Waals surface area contributed by atoms with Crippen molar-refractivity contribution in [2.75, 3.05) is 39.3 Å². The first-order chi connectivity index (χ1) is 16.7. The second kappa shape index (κ2) is 9.38. The molecule has 1 amide bonds. The van der Waals surface area contributed by atoms with E-state index in [0.29, 0.717) is 41.0 Å². The van der Waals surface area contributed by atoms with E-state index in [9.17, 15) is 13.2 Å². The van der Waals surface area contributed by atoms with Crippen molar-refractivity contribution in [2.24, 2.45) is 0 Å². The molecule has 0 aliphatic carbocycles. The Morgan fingerprint density at radius 1 is 1.14 bits per heavy atom. The van der Waals surface area contributed by atoms with Crippen LogP contribution in [0.3, 0.4) is 0 Å². The van der Waals surface area contributed by atoms with Gasteiger partial charge in [0.05, 0.1) is 10.7 Å². The van der Waals surface area contributed by atoms with Gasteiger partial charge in [-0.3, -0.25) is 10.2 Å². The highest BCUT2D eigenvalue weighted by atomic mass is 35.5. The summed E-state index contributed by atoms with van der Waals surface area (Å²) in [5.74, 6) is 0.377. The number of fused-ring (bicyclic) bond motifs is 1. The minimum Gasteiger partial charge on any atom is -0.357 e. The normalized spacial score (nSPS) is 17.6. The fourth-order valence-corrected chi connectivity index (χ4v) is 6.91. The highest BCUT2D eigenvalue weighted by Gasteiger charge is 2.32. The van der Waals surface area contributed by atoms with Crippen LogP contribution < -0.4 is 0 Å². The summed E-state index contributed by atoms with van der Waals surface area (Å²) in [4.78, 5) is 25.0. The SMILES string of the molecule is CC(=N)N1CC=C(c2cnc(C(=O)N3CCN(S(=O)(=O)c4cc5cc(Cl)ccc5[nH]4)CC3)s2)CC1. The molecule has 0 radical (unpaired) electrons. The molecule has 1 saturated heterocycles. The van der Waals surface area contributed by atoms with Gasteiger partial charge in [0.25, 0.3) is 15.9 Å². The number of hydrogen-bond acceptors (Lipinski definition) is 6. The van der Waals surface area contributed by atoms with Gasteiger partial charge in [-0.05, 0) is 43.2 Å². The molecule has 184 valence electrons. The lowest BCUT2D eigenvalue weighted by molar-refractivity contribution is 0.0697. The number of aromatic nitrogens is 2. The number of benzene rings is 1. The van der Waals surface area contributed by atoms with Crippen LogP contribution in [0.25, 0.3) is 16.5 Å². The molecule has 4 heterocycles. The van der Waals surface area contributed by atoms with Crippen molar-refractivity contribution in [3.8, 4) is 0 Å². The smallest absolute Gasteiger partial charge is 0.282 e. The number of carbonyl (C=O) groups is 1. The van der Waals surface area contributed by atoms with Gasteiger partial charge in [-0.25, -0.2) is 13.4 Å². The molecule has 3 aromatic rings. The minimum atomic E-state index is -3.71. The standard InChI is InChI=1S/C23H25ClN6O3S2/c1-15(25)28-6-4-16(5-7-28)20-14-26-22(34-20)23(31)29-8-10-30(11-9-29)35(32,33)21-13-17-12-18(24)2-3-19(17)27-21/h2-4,12-14,25,27H,5-11H2,1H3. The predicted octanol–water partition coefficient (Wildman–Crippen LogP) is 3.51. The van der Waals surface area contributed by atoms with E-state index < -0.39 is 10.0 Å². The van der Waals surface area contributed by atoms with Gasteiger partial charge in [-0.1, -0.05) is 17.7 Å². The molecule has 35 heavy (non-hydrogen) atoms. The number of amidine groups is 1. The first-order valence-electron chi connectivity index (χ1n) is 11.3. The van der Waals surface area contributed by atoms with Crippen molar-refractivity contribution in [1.82, 2.24) is 24.1 Å². The van der Waals surface area contributed by atoms with Crippen LogP contribution in [0.15, 0.2) is 41.6 Å². The van der Waals surface area contributed by atoms with Crippen molar-refractivity contribution in [2.45, 2.75) is 18.4 Å². The number of amides is 1. The Balaban J connectivity index is 1.23. The lowest BCUT2D eigenvalue weighted by atomic mass is 10.1. The van der Waals surface area contributed by atoms with Crippen molar-refractivity contribution in [3.63, 3.8) is 0 Å². The summed E-state index contributed by atoms with van der Waals surface area (Å²) in [7, 11) is -3.71. The quantitative estimate of drug-likeness (QED) is 0.394. The molecule has 0 bridgehead atoms. The van der Waals surface area contributed by atoms with Crippen molar-refractivity contribution >= 4 is 61.2 Å². The molecule has 1 aromatic carbocycles. The van der Waals surface area contributed by atoms with E-state index in [0.717, 1.165) is 28.8 Å². The molecule has 5 rings (SSSR count). The number of halogens is 1. The molecule has 2 aromatic heterocycles. The number of H-pyrrole nitrogens is 1. The molecule has 12 heteroatoms. The number of thiazole rings is 1. The van der Waals surface area contributed by atoms with Crippen LogP contribution >= 0.6 is 22.9 Å². The number of rotatable bonds is 4. The van der Waals surface area contributed by atoms with Crippen LogP contribution in [0.4, 0.5) is 0 Å². The molecule has 2 aliphatic rings. The Morgan fingerprint density at radius 3 is 2.60 bits per heavy atom. The highest BCUT2D eigenvalue weighted by Crippen LogP contribution is 2.29. The van der Waals surface area contributed by atoms with E-state index in [-0.39, 0.29) is 24.0 Å². The highest BCUT2D eigenvalue weighted by molar-refractivity contribution is 7.89. The first-order valence-corrected chi connectivity index (χ1v) is 13.9. The van der Waals surface area contributed by atoms with Gasteiger partial charge in [-0.15, -0.1) is 11.3 Å². The Hall–Kier alpha value is -2.73. The number of sulfonamides is 1. The Labute approximate surface area is 212 Å². The molecule has 0 saturated carbocycles. The Morgan fingerprint density at radius 2 is 1.91 bits per heavy atom. The average molecular weight is 533 g/mol. The first kappa shape index (κ1) is 24.0. The maximum absolute atomic E-state index is 13.2. The summed E-state index contributed by atoms with van der Waals surface area (Å²) in [5, 5.41) is 9.57. The van der Waals surface area contributed by atoms with E-state index >= 15 is 0 Å². The summed E-state index contributed by atoms with van der Waals surface area (Å²) in [5.41, 5.74) is 1.85. The van der Waals surface area contributed by atoms with E-state index in [1.54, 1.807) is 42.3 Å². The van der Waals surface area contributed by atoms with Gasteiger partial charge >= 0.3 is 0 Å². The molecule has 2 N–H and O–H groups in total. The maximum Gasteiger partial charge on any atom is 0.282 e. The molecular formula is C23H25ClN6O3S2. The number of piperazine rings is 1. The molecule has 0 spiro atoms. The van der Waals surface area contributed by atoms with Crippen LogP contribution in [0.5, 0.6) is 0 Å². The third-order valence-corrected chi connectivity index (χ3v) is 9.51. The third kappa shape index (κ3) is 4.73. The maximum atomic E-state index is 13.2. The average Bonchev–Trinajstić information content (AvgIpc) is 3.51. The summed E-state index contributed by atoms with van der Waals surface area (Å²) in [6, 6.07) is 6.78. The minimum absolute atomic E-state index is 0.122. The fraction of sp³-hybridized carbons (Fsp3) is 0.348. The summed E-state index contributed by atoms with van der Waals surface area (Å²) in [6.07, 6.45) is 4.63. The van der Waals surface area contributed by atoms with E-state index in [1.807, 2.05) is 4.90 Å². The lowest BCUT2D eigenvalue weighted by Gasteiger charge is -2.33. The number of carbonyl (C=O) groups excluding carboxylic acids is 1. The largest absolute Gasteiger partial charge is 0.357 e. The molecule has 9 nitrogen and oxygen atoms in total. The summed E-state index contributed by atoms with van der Waals surface area (Å²) >= 11 is 7.39. The second-order valence-corrected chi connectivity index (χ2v) is 12.0. The van der Waals surface area contributed by atoms with Crippen LogP contribution in [0.1, 0.15) is 28.0 Å². The van der Waals surface area contributed by atoms with Gasteiger partial charge < -0.3 is 14.8 Å². The lowest BCUT2D eigenvalue weighted by Crippen LogP contribution is -2.50. The number of nitrogens with zero attached hydrogens (tertiary/aromatic N) is 4. The molecular weight excluding hydrogens is 508 g/mol. The zero-order valence-electron chi connectivity index (χ0n) is 19.1. The summed E-state index contributed by atoms with van der Waals surface area (Å²) in [6.45, 7) is 4.28. The molecule has 0 unspecified atom stereocenters. The molecule has 2 aliphatic heterocycles. The van der Waals surface area contributed by atoms with Gasteiger partial charge in [0.1, 0.15) is 5.03 Å². The zero-order chi connectivity index (χ0) is 24.7. The van der Waals surface area contributed by atoms with E-state index in [2.05, 4.69) is 16.0 Å². The van der Waals surface area contributed by atoms with Crippen molar-refractivity contribution in [1.29, 1.82) is 5.41 Å². The Kier molecular flexibility index (Phi) is 6.43. The van der Waals surface area contributed by atoms with Crippen molar-refractivity contribution in [3.05, 3.63) is 51.4 Å². The number of aromatic amines is 1. The summed E-state index contributed by atoms with van der Waals surface area (Å²) < 4.78 is 27.7. The Bertz CT molecular complexity index is 1440. The monoisotopic (exact) mass is 532 g/mol. The van der Waals surface area contributed by atoms with Crippen LogP contribution in [-0.4, -0.2) is 83.5 Å². The van der Waals surface area contributed by atoms with Gasteiger partial charge in [-0.2, -0.15) is 4.31 Å². The van der Waals surface area contributed by atoms with Gasteiger partial charge in [0.15, 0.2) is 5.01 Å². The topological polar surface area (TPSA) is 113 Å².